The van der Waals surface area contributed by atoms with Gasteiger partial charge >= 0.3 is 0 Å². The molecule has 0 aromatic heterocycles. The van der Waals surface area contributed by atoms with E-state index in [1.807, 2.05) is 0 Å². The van der Waals surface area contributed by atoms with Gasteiger partial charge in [0.05, 0.1) is 0 Å². The van der Waals surface area contributed by atoms with Gasteiger partial charge in [0.15, 0.2) is 0 Å². The second-order valence-corrected chi connectivity index (χ2v) is 5.17. The van der Waals surface area contributed by atoms with Crippen molar-refractivity contribution in [1.82, 2.24) is 0 Å². The van der Waals surface area contributed by atoms with Crippen LogP contribution >= 0.6 is 12.6 Å². The summed E-state index contributed by atoms with van der Waals surface area (Å²) in [4.78, 5) is 1.12. The third kappa shape index (κ3) is 2.00. The van der Waals surface area contributed by atoms with E-state index in [1.54, 1.807) is 0 Å². The monoisotopic (exact) mass is 170 g/mol. The van der Waals surface area contributed by atoms with Gasteiger partial charge in [-0.1, -0.05) is 28.6 Å². The number of rotatable bonds is 0. The summed E-state index contributed by atoms with van der Waals surface area (Å²) in [6.45, 7) is 0. The Kier molecular flexibility index (Phi) is 2.15. The molecule has 0 radical (unpaired) electrons. The minimum atomic E-state index is 1.12. The van der Waals surface area contributed by atoms with Gasteiger partial charge in [0.1, 0.15) is 0 Å². The van der Waals surface area contributed by atoms with E-state index in [9.17, 15) is 0 Å². The number of hydrogen-bond acceptors (Lipinski definition) is 1. The summed E-state index contributed by atoms with van der Waals surface area (Å²) < 4.78 is 0. The summed E-state index contributed by atoms with van der Waals surface area (Å²) in [5.74, 6) is 0. The number of thiol groups is 1. The van der Waals surface area contributed by atoms with Crippen LogP contribution in [0.2, 0.25) is 0 Å². The standard InChI is InChI=1S/C6H10SSi2/c7-4-1-5(8)3-6(9)2-4/h1-3,7H,8-9H3. The van der Waals surface area contributed by atoms with E-state index in [2.05, 4.69) is 30.8 Å². The first-order valence-corrected chi connectivity index (χ1v) is 5.40. The average Bonchev–Trinajstić information content (AvgIpc) is 1.59. The van der Waals surface area contributed by atoms with Crippen LogP contribution in [0.3, 0.4) is 0 Å². The lowest BCUT2D eigenvalue weighted by Crippen LogP contribution is -2.12. The van der Waals surface area contributed by atoms with Gasteiger partial charge in [-0.3, -0.25) is 0 Å². The summed E-state index contributed by atoms with van der Waals surface area (Å²) in [5.41, 5.74) is 0. The highest BCUT2D eigenvalue weighted by atomic mass is 32.1. The Morgan fingerprint density at radius 3 is 1.78 bits per heavy atom. The van der Waals surface area contributed by atoms with Gasteiger partial charge in [0.2, 0.25) is 0 Å². The SMILES string of the molecule is [SiH3]c1cc([SiH3])cc(S)c1. The molecule has 0 nitrogen and oxygen atoms in total. The summed E-state index contributed by atoms with van der Waals surface area (Å²) in [5, 5.41) is 2.90. The van der Waals surface area contributed by atoms with Gasteiger partial charge < -0.3 is 0 Å². The van der Waals surface area contributed by atoms with Gasteiger partial charge in [0.25, 0.3) is 0 Å². The molecule has 0 aliphatic rings. The molecule has 3 heteroatoms. The molecule has 1 aromatic carbocycles. The normalized spacial score (nSPS) is 10.3. The Labute approximate surface area is 66.9 Å². The molecular weight excluding hydrogens is 160 g/mol. The molecule has 1 aromatic rings. The van der Waals surface area contributed by atoms with Crippen molar-refractivity contribution in [3.63, 3.8) is 0 Å². The predicted octanol–water partition coefficient (Wildman–Crippen LogP) is -2.04. The molecule has 0 fully saturated rings. The molecule has 0 amide bonds. The maximum atomic E-state index is 4.27. The van der Waals surface area contributed by atoms with E-state index in [4.69, 9.17) is 0 Å². The van der Waals surface area contributed by atoms with Crippen LogP contribution in [0.1, 0.15) is 0 Å². The Balaban J connectivity index is 3.17. The lowest BCUT2D eigenvalue weighted by molar-refractivity contribution is 1.54. The van der Waals surface area contributed by atoms with E-state index >= 15 is 0 Å². The molecule has 48 valence electrons. The first kappa shape index (κ1) is 7.11. The maximum absolute atomic E-state index is 4.27. The van der Waals surface area contributed by atoms with Crippen molar-refractivity contribution in [3.05, 3.63) is 18.2 Å². The Morgan fingerprint density at radius 2 is 1.44 bits per heavy atom. The van der Waals surface area contributed by atoms with Gasteiger partial charge in [0, 0.05) is 25.4 Å². The van der Waals surface area contributed by atoms with Gasteiger partial charge in [-0.05, 0) is 0 Å². The third-order valence-corrected chi connectivity index (χ3v) is 2.62. The van der Waals surface area contributed by atoms with Crippen LogP contribution in [-0.4, -0.2) is 20.5 Å². The van der Waals surface area contributed by atoms with Crippen LogP contribution in [0.15, 0.2) is 23.1 Å². The topological polar surface area (TPSA) is 0 Å². The van der Waals surface area contributed by atoms with E-state index < -0.39 is 0 Å². The summed E-state index contributed by atoms with van der Waals surface area (Å²) in [6, 6.07) is 6.53. The number of benzene rings is 1. The van der Waals surface area contributed by atoms with E-state index in [0.717, 1.165) is 25.4 Å². The van der Waals surface area contributed by atoms with Crippen LogP contribution in [0.25, 0.3) is 0 Å². The lowest BCUT2D eigenvalue weighted by Gasteiger charge is -1.96. The molecule has 1 rings (SSSR count). The largest absolute Gasteiger partial charge is 0.143 e. The minimum absolute atomic E-state index is 1.12. The van der Waals surface area contributed by atoms with Crippen LogP contribution in [0.5, 0.6) is 0 Å². The zero-order valence-electron chi connectivity index (χ0n) is 5.68. The van der Waals surface area contributed by atoms with Gasteiger partial charge in [-0.2, -0.15) is 0 Å². The summed E-state index contributed by atoms with van der Waals surface area (Å²) in [7, 11) is 2.29. The molecule has 0 aliphatic heterocycles. The molecule has 0 bridgehead atoms. The van der Waals surface area contributed by atoms with Crippen molar-refractivity contribution in [2.45, 2.75) is 4.90 Å². The summed E-state index contributed by atoms with van der Waals surface area (Å²) in [6.07, 6.45) is 0. The Bertz CT molecular complexity index is 172. The van der Waals surface area contributed by atoms with Crippen LogP contribution in [0, 0.1) is 0 Å². The average molecular weight is 170 g/mol. The fourth-order valence-electron chi connectivity index (χ4n) is 0.951. The molecule has 0 unspecified atom stereocenters. The molecule has 0 N–H and O–H groups in total. The van der Waals surface area contributed by atoms with E-state index in [-0.39, 0.29) is 0 Å². The summed E-state index contributed by atoms with van der Waals surface area (Å²) >= 11 is 4.27. The smallest absolute Gasteiger partial charge is 0.0385 e. The molecule has 0 aliphatic carbocycles. The predicted molar refractivity (Wildman–Crippen MR) is 52.8 cm³/mol. The maximum Gasteiger partial charge on any atom is 0.0385 e. The highest BCUT2D eigenvalue weighted by Gasteiger charge is 1.87. The molecule has 0 saturated carbocycles. The second kappa shape index (κ2) is 2.72. The van der Waals surface area contributed by atoms with Crippen LogP contribution in [0.4, 0.5) is 0 Å². The highest BCUT2D eigenvalue weighted by molar-refractivity contribution is 7.80. The fraction of sp³-hybridized carbons (Fsp3) is 0. The van der Waals surface area contributed by atoms with Gasteiger partial charge in [-0.25, -0.2) is 0 Å². The molecule has 0 spiro atoms. The lowest BCUT2D eigenvalue weighted by atomic mass is 10.4. The van der Waals surface area contributed by atoms with E-state index in [0.29, 0.717) is 0 Å². The van der Waals surface area contributed by atoms with Crippen molar-refractivity contribution >= 4 is 43.5 Å². The highest BCUT2D eigenvalue weighted by Crippen LogP contribution is 1.97. The molecule has 0 saturated heterocycles. The first-order chi connectivity index (χ1) is 4.18. The van der Waals surface area contributed by atoms with Crippen LogP contribution < -0.4 is 10.4 Å². The van der Waals surface area contributed by atoms with E-state index in [1.165, 1.54) is 10.4 Å². The fourth-order valence-corrected chi connectivity index (χ4v) is 3.95. The van der Waals surface area contributed by atoms with Crippen molar-refractivity contribution in [3.8, 4) is 0 Å². The zero-order valence-corrected chi connectivity index (χ0v) is 10.6. The molecular formula is C6H10SSi2. The van der Waals surface area contributed by atoms with Gasteiger partial charge in [-0.15, -0.1) is 12.6 Å². The third-order valence-electron chi connectivity index (χ3n) is 1.21. The van der Waals surface area contributed by atoms with Crippen LogP contribution in [-0.2, 0) is 0 Å². The minimum Gasteiger partial charge on any atom is -0.143 e. The van der Waals surface area contributed by atoms with Crippen molar-refractivity contribution < 1.29 is 0 Å². The van der Waals surface area contributed by atoms with Crippen molar-refractivity contribution in [1.29, 1.82) is 0 Å². The zero-order chi connectivity index (χ0) is 6.85. The number of hydrogen-bond donors (Lipinski definition) is 1. The van der Waals surface area contributed by atoms with Crippen molar-refractivity contribution in [2.24, 2.45) is 0 Å². The quantitative estimate of drug-likeness (QED) is 0.337. The van der Waals surface area contributed by atoms with Crippen molar-refractivity contribution in [2.75, 3.05) is 0 Å². The molecule has 0 heterocycles. The Morgan fingerprint density at radius 1 is 1.00 bits per heavy atom. The second-order valence-electron chi connectivity index (χ2n) is 2.35. The molecule has 9 heavy (non-hydrogen) atoms. The Hall–Kier alpha value is 0.00377. The molecule has 0 atom stereocenters. The first-order valence-electron chi connectivity index (χ1n) is 2.96.